The van der Waals surface area contributed by atoms with Crippen LogP contribution in [0.1, 0.15) is 43.3 Å². The van der Waals surface area contributed by atoms with Gasteiger partial charge in [-0.25, -0.2) is 14.8 Å². The van der Waals surface area contributed by atoms with Gasteiger partial charge in [-0.05, 0) is 26.2 Å². The topological polar surface area (TPSA) is 52.6 Å². The van der Waals surface area contributed by atoms with Crippen LogP contribution in [0.5, 0.6) is 0 Å². The number of urea groups is 1. The van der Waals surface area contributed by atoms with E-state index in [2.05, 4.69) is 30.7 Å². The first kappa shape index (κ1) is 17.5. The molecule has 2 amide bonds. The van der Waals surface area contributed by atoms with E-state index in [4.69, 9.17) is 4.98 Å². The monoisotopic (exact) mass is 319 g/mol. The molecule has 0 aromatic carbocycles. The molecule has 6 heteroatoms. The number of anilines is 1. The van der Waals surface area contributed by atoms with E-state index in [1.807, 2.05) is 11.8 Å². The first-order valence-electron chi connectivity index (χ1n) is 8.37. The molecule has 0 unspecified atom stereocenters. The van der Waals surface area contributed by atoms with Gasteiger partial charge >= 0.3 is 6.03 Å². The van der Waals surface area contributed by atoms with Gasteiger partial charge in [-0.2, -0.15) is 0 Å². The lowest BCUT2D eigenvalue weighted by molar-refractivity contribution is 0.174. The van der Waals surface area contributed by atoms with Crippen LogP contribution in [0.15, 0.2) is 0 Å². The lowest BCUT2D eigenvalue weighted by Gasteiger charge is -2.27. The van der Waals surface area contributed by atoms with Crippen molar-refractivity contribution in [2.24, 2.45) is 0 Å². The molecule has 1 aliphatic heterocycles. The predicted octanol–water partition coefficient (Wildman–Crippen LogP) is 2.41. The summed E-state index contributed by atoms with van der Waals surface area (Å²) in [6.45, 7) is 11.6. The molecule has 128 valence electrons. The van der Waals surface area contributed by atoms with Crippen molar-refractivity contribution in [2.45, 2.75) is 40.0 Å². The highest BCUT2D eigenvalue weighted by Crippen LogP contribution is 2.28. The van der Waals surface area contributed by atoms with E-state index in [9.17, 15) is 4.79 Å². The molecule has 0 aliphatic carbocycles. The summed E-state index contributed by atoms with van der Waals surface area (Å²) in [4.78, 5) is 27.3. The van der Waals surface area contributed by atoms with E-state index in [0.29, 0.717) is 5.92 Å². The first-order valence-corrected chi connectivity index (χ1v) is 8.37. The summed E-state index contributed by atoms with van der Waals surface area (Å²) in [5.41, 5.74) is 2.29. The molecule has 0 atom stereocenters. The number of hydrogen-bond donors (Lipinski definition) is 0. The Hall–Kier alpha value is -1.85. The molecule has 1 aliphatic rings. The van der Waals surface area contributed by atoms with Gasteiger partial charge in [0.2, 0.25) is 0 Å². The maximum atomic E-state index is 12.2. The Morgan fingerprint density at radius 1 is 1.09 bits per heavy atom. The molecule has 6 nitrogen and oxygen atoms in total. The van der Waals surface area contributed by atoms with Crippen molar-refractivity contribution in [3.8, 4) is 0 Å². The summed E-state index contributed by atoms with van der Waals surface area (Å²) in [5.74, 6) is 2.24. The van der Waals surface area contributed by atoms with Crippen molar-refractivity contribution < 1.29 is 4.79 Å². The number of rotatable bonds is 2. The first-order chi connectivity index (χ1) is 10.8. The molecule has 0 bridgehead atoms. The van der Waals surface area contributed by atoms with E-state index < -0.39 is 0 Å². The third-order valence-corrected chi connectivity index (χ3v) is 4.25. The smallest absolute Gasteiger partial charge is 0.319 e. The number of carbonyl (C=O) groups is 1. The quantitative estimate of drug-likeness (QED) is 0.840. The van der Waals surface area contributed by atoms with Gasteiger partial charge in [0.25, 0.3) is 0 Å². The molecule has 1 saturated heterocycles. The van der Waals surface area contributed by atoms with Crippen molar-refractivity contribution in [2.75, 3.05) is 45.2 Å². The van der Waals surface area contributed by atoms with Gasteiger partial charge in [-0.15, -0.1) is 0 Å². The van der Waals surface area contributed by atoms with Crippen molar-refractivity contribution in [3.63, 3.8) is 0 Å². The molecule has 23 heavy (non-hydrogen) atoms. The van der Waals surface area contributed by atoms with Crippen LogP contribution in [0.4, 0.5) is 10.6 Å². The number of carbonyl (C=O) groups excluding carboxylic acids is 1. The molecule has 2 rings (SSSR count). The van der Waals surface area contributed by atoms with Gasteiger partial charge in [0.15, 0.2) is 0 Å². The van der Waals surface area contributed by atoms with E-state index in [1.54, 1.807) is 19.0 Å². The van der Waals surface area contributed by atoms with E-state index in [-0.39, 0.29) is 6.03 Å². The number of hydrogen-bond acceptors (Lipinski definition) is 4. The van der Waals surface area contributed by atoms with Crippen molar-refractivity contribution in [1.82, 2.24) is 19.8 Å². The second-order valence-corrected chi connectivity index (χ2v) is 6.75. The maximum Gasteiger partial charge on any atom is 0.319 e. The van der Waals surface area contributed by atoms with Gasteiger partial charge in [0, 0.05) is 51.5 Å². The summed E-state index contributed by atoms with van der Waals surface area (Å²) in [7, 11) is 3.61. The Balaban J connectivity index is 2.25. The average Bonchev–Trinajstić information content (AvgIpc) is 2.70. The van der Waals surface area contributed by atoms with Crippen LogP contribution >= 0.6 is 0 Å². The highest BCUT2D eigenvalue weighted by atomic mass is 16.2. The molecule has 2 heterocycles. The van der Waals surface area contributed by atoms with Gasteiger partial charge in [0.05, 0.1) is 0 Å². The molecule has 1 aromatic heterocycles. The number of aryl methyl sites for hydroxylation is 2. The normalized spacial score (nSPS) is 15.8. The second kappa shape index (κ2) is 7.15. The third-order valence-electron chi connectivity index (χ3n) is 4.25. The minimum Gasteiger partial charge on any atom is -0.354 e. The Bertz CT molecular complexity index is 570. The van der Waals surface area contributed by atoms with E-state index in [1.165, 1.54) is 5.56 Å². The summed E-state index contributed by atoms with van der Waals surface area (Å²) in [5, 5.41) is 0. The summed E-state index contributed by atoms with van der Waals surface area (Å²) in [6.07, 6.45) is 0.958. The molecular formula is C17H29N5O. The maximum absolute atomic E-state index is 12.2. The van der Waals surface area contributed by atoms with Crippen molar-refractivity contribution >= 4 is 11.8 Å². The zero-order valence-corrected chi connectivity index (χ0v) is 15.3. The van der Waals surface area contributed by atoms with Crippen molar-refractivity contribution in [3.05, 3.63) is 17.1 Å². The largest absolute Gasteiger partial charge is 0.354 e. The molecule has 0 N–H and O–H groups in total. The molecule has 1 fully saturated rings. The lowest BCUT2D eigenvalue weighted by atomic mass is 10.0. The fourth-order valence-corrected chi connectivity index (χ4v) is 3.22. The second-order valence-electron chi connectivity index (χ2n) is 6.75. The molecule has 0 spiro atoms. The highest BCUT2D eigenvalue weighted by molar-refractivity contribution is 5.74. The fourth-order valence-electron chi connectivity index (χ4n) is 3.22. The molecule has 1 aromatic rings. The summed E-state index contributed by atoms with van der Waals surface area (Å²) in [6, 6.07) is 0.0889. The SMILES string of the molecule is Cc1nc(C)c(C(C)C)c(N2CCCN(C(=O)N(C)C)CC2)n1. The molecule has 0 saturated carbocycles. The minimum absolute atomic E-state index is 0.0889. The number of amides is 2. The number of nitrogens with zero attached hydrogens (tertiary/aromatic N) is 5. The van der Waals surface area contributed by atoms with Crippen LogP contribution in [0.2, 0.25) is 0 Å². The molecule has 0 radical (unpaired) electrons. The van der Waals surface area contributed by atoms with Crippen LogP contribution in [-0.2, 0) is 0 Å². The standard InChI is InChI=1S/C17H29N5O/c1-12(2)15-13(3)18-14(4)19-16(15)21-8-7-9-22(11-10-21)17(23)20(5)6/h12H,7-11H2,1-6H3. The highest BCUT2D eigenvalue weighted by Gasteiger charge is 2.24. The summed E-state index contributed by atoms with van der Waals surface area (Å²) < 4.78 is 0. The molecular weight excluding hydrogens is 290 g/mol. The fraction of sp³-hybridized carbons (Fsp3) is 0.706. The summed E-state index contributed by atoms with van der Waals surface area (Å²) >= 11 is 0. The lowest BCUT2D eigenvalue weighted by Crippen LogP contribution is -2.41. The van der Waals surface area contributed by atoms with E-state index >= 15 is 0 Å². The van der Waals surface area contributed by atoms with Crippen molar-refractivity contribution in [1.29, 1.82) is 0 Å². The average molecular weight is 319 g/mol. The van der Waals surface area contributed by atoms with Crippen LogP contribution < -0.4 is 4.90 Å². The Morgan fingerprint density at radius 2 is 1.78 bits per heavy atom. The van der Waals surface area contributed by atoms with Crippen LogP contribution in [0, 0.1) is 13.8 Å². The predicted molar refractivity (Wildman–Crippen MR) is 93.1 cm³/mol. The minimum atomic E-state index is 0.0889. The zero-order valence-electron chi connectivity index (χ0n) is 15.3. The van der Waals surface area contributed by atoms with Gasteiger partial charge in [0.1, 0.15) is 11.6 Å². The third kappa shape index (κ3) is 3.92. The van der Waals surface area contributed by atoms with Gasteiger partial charge < -0.3 is 14.7 Å². The van der Waals surface area contributed by atoms with Gasteiger partial charge in [-0.3, -0.25) is 0 Å². The zero-order chi connectivity index (χ0) is 17.1. The Morgan fingerprint density at radius 3 is 2.39 bits per heavy atom. The number of aromatic nitrogens is 2. The Labute approximate surface area is 139 Å². The van der Waals surface area contributed by atoms with Gasteiger partial charge in [-0.1, -0.05) is 13.8 Å². The van der Waals surface area contributed by atoms with Crippen LogP contribution in [0.3, 0.4) is 0 Å². The van der Waals surface area contributed by atoms with Crippen LogP contribution in [0.25, 0.3) is 0 Å². The van der Waals surface area contributed by atoms with Crippen LogP contribution in [-0.4, -0.2) is 66.1 Å². The van der Waals surface area contributed by atoms with E-state index in [0.717, 1.165) is 49.9 Å². The Kier molecular flexibility index (Phi) is 5.44.